The summed E-state index contributed by atoms with van der Waals surface area (Å²) in [6.07, 6.45) is 8.65. The molecule has 1 rings (SSSR count). The van der Waals surface area contributed by atoms with Crippen LogP contribution in [0.2, 0.25) is 0 Å². The first-order chi connectivity index (χ1) is 6.22. The molecular formula is C11H20N2. The second kappa shape index (κ2) is 4.58. The van der Waals surface area contributed by atoms with Crippen LogP contribution in [0.4, 0.5) is 0 Å². The van der Waals surface area contributed by atoms with Crippen LogP contribution in [-0.2, 0) is 0 Å². The lowest BCUT2D eigenvalue weighted by atomic mass is 9.82. The highest BCUT2D eigenvalue weighted by Gasteiger charge is 2.34. The fourth-order valence-corrected chi connectivity index (χ4v) is 1.95. The first kappa shape index (κ1) is 10.5. The summed E-state index contributed by atoms with van der Waals surface area (Å²) >= 11 is 0. The Morgan fingerprint density at radius 3 is 2.77 bits per heavy atom. The van der Waals surface area contributed by atoms with E-state index in [0.29, 0.717) is 5.41 Å². The fraction of sp³-hybridized carbons (Fsp3) is 0.636. The lowest BCUT2D eigenvalue weighted by molar-refractivity contribution is 0.274. The normalized spacial score (nSPS) is 30.0. The van der Waals surface area contributed by atoms with Gasteiger partial charge in [-0.3, -0.25) is 5.43 Å². The van der Waals surface area contributed by atoms with Crippen LogP contribution in [0.3, 0.4) is 0 Å². The Kier molecular flexibility index (Phi) is 3.70. The van der Waals surface area contributed by atoms with Crippen LogP contribution in [0, 0.1) is 5.41 Å². The molecule has 1 aliphatic rings. The molecule has 0 spiro atoms. The highest BCUT2D eigenvalue weighted by atomic mass is 15.5. The Hall–Kier alpha value is -0.600. The van der Waals surface area contributed by atoms with Crippen molar-refractivity contribution in [3.63, 3.8) is 0 Å². The first-order valence-electron chi connectivity index (χ1n) is 4.89. The van der Waals surface area contributed by atoms with E-state index in [1.54, 1.807) is 0 Å². The fourth-order valence-electron chi connectivity index (χ4n) is 1.95. The van der Waals surface area contributed by atoms with Gasteiger partial charge in [0, 0.05) is 25.6 Å². The zero-order valence-electron chi connectivity index (χ0n) is 8.71. The Morgan fingerprint density at radius 1 is 1.54 bits per heavy atom. The molecule has 13 heavy (non-hydrogen) atoms. The minimum Gasteiger partial charge on any atom is -0.255 e. The standard InChI is InChI=1S/C11H20N2/c1-4-6-8-11(7-5-2)9-12-13(3)10-11/h4-6,12H,2,7-10H2,1,3H3/b6-4+. The van der Waals surface area contributed by atoms with Crippen molar-refractivity contribution in [2.75, 3.05) is 20.1 Å². The Balaban J connectivity index is 2.58. The van der Waals surface area contributed by atoms with Gasteiger partial charge in [-0.15, -0.1) is 6.58 Å². The molecule has 1 unspecified atom stereocenters. The van der Waals surface area contributed by atoms with E-state index < -0.39 is 0 Å². The van der Waals surface area contributed by atoms with Gasteiger partial charge in [0.15, 0.2) is 0 Å². The Labute approximate surface area is 81.3 Å². The van der Waals surface area contributed by atoms with Crippen LogP contribution in [-0.4, -0.2) is 25.1 Å². The van der Waals surface area contributed by atoms with Gasteiger partial charge in [0.2, 0.25) is 0 Å². The van der Waals surface area contributed by atoms with Crippen molar-refractivity contribution in [3.05, 3.63) is 24.8 Å². The third kappa shape index (κ3) is 2.68. The third-order valence-electron chi connectivity index (χ3n) is 2.66. The number of allylic oxidation sites excluding steroid dienone is 3. The highest BCUT2D eigenvalue weighted by molar-refractivity contribution is 4.98. The minimum absolute atomic E-state index is 0.378. The summed E-state index contributed by atoms with van der Waals surface area (Å²) in [4.78, 5) is 0. The smallest absolute Gasteiger partial charge is 0.0203 e. The van der Waals surface area contributed by atoms with Crippen molar-refractivity contribution in [1.29, 1.82) is 0 Å². The zero-order chi connectivity index (χ0) is 9.73. The van der Waals surface area contributed by atoms with Crippen LogP contribution in [0.25, 0.3) is 0 Å². The maximum atomic E-state index is 3.83. The van der Waals surface area contributed by atoms with Crippen LogP contribution >= 0.6 is 0 Å². The lowest BCUT2D eigenvalue weighted by Gasteiger charge is -2.24. The minimum atomic E-state index is 0.378. The van der Waals surface area contributed by atoms with Gasteiger partial charge < -0.3 is 0 Å². The topological polar surface area (TPSA) is 15.3 Å². The predicted molar refractivity (Wildman–Crippen MR) is 57.3 cm³/mol. The molecule has 1 saturated heterocycles. The summed E-state index contributed by atoms with van der Waals surface area (Å²) in [5.41, 5.74) is 3.73. The first-order valence-corrected chi connectivity index (χ1v) is 4.89. The lowest BCUT2D eigenvalue weighted by Crippen LogP contribution is -2.26. The summed E-state index contributed by atoms with van der Waals surface area (Å²) in [5.74, 6) is 0. The number of hydrogen-bond donors (Lipinski definition) is 1. The van der Waals surface area contributed by atoms with E-state index in [2.05, 4.69) is 43.1 Å². The molecule has 2 nitrogen and oxygen atoms in total. The van der Waals surface area contributed by atoms with Crippen LogP contribution in [0.15, 0.2) is 24.8 Å². The average Bonchev–Trinajstić information content (AvgIpc) is 2.46. The molecule has 1 aliphatic heterocycles. The molecule has 0 aliphatic carbocycles. The summed E-state index contributed by atoms with van der Waals surface area (Å²) in [6.45, 7) is 8.09. The molecule has 0 aromatic carbocycles. The maximum absolute atomic E-state index is 3.83. The number of rotatable bonds is 4. The Bertz CT molecular complexity index is 198. The van der Waals surface area contributed by atoms with E-state index in [-0.39, 0.29) is 0 Å². The molecule has 74 valence electrons. The van der Waals surface area contributed by atoms with E-state index in [1.165, 1.54) is 0 Å². The van der Waals surface area contributed by atoms with Crippen LogP contribution in [0.1, 0.15) is 19.8 Å². The van der Waals surface area contributed by atoms with E-state index >= 15 is 0 Å². The monoisotopic (exact) mass is 180 g/mol. The number of nitrogens with one attached hydrogen (secondary N) is 1. The van der Waals surface area contributed by atoms with Gasteiger partial charge in [-0.25, -0.2) is 5.01 Å². The third-order valence-corrected chi connectivity index (χ3v) is 2.66. The van der Waals surface area contributed by atoms with E-state index in [0.717, 1.165) is 25.9 Å². The summed E-state index contributed by atoms with van der Waals surface area (Å²) in [7, 11) is 2.10. The molecule has 0 bridgehead atoms. The van der Waals surface area contributed by atoms with Gasteiger partial charge in [0.05, 0.1) is 0 Å². The van der Waals surface area contributed by atoms with Gasteiger partial charge in [0.1, 0.15) is 0 Å². The summed E-state index contributed by atoms with van der Waals surface area (Å²) in [6, 6.07) is 0. The van der Waals surface area contributed by atoms with Gasteiger partial charge in [-0.1, -0.05) is 18.2 Å². The maximum Gasteiger partial charge on any atom is 0.0203 e. The molecule has 0 amide bonds. The van der Waals surface area contributed by atoms with Crippen molar-refractivity contribution in [3.8, 4) is 0 Å². The second-order valence-electron chi connectivity index (χ2n) is 3.96. The van der Waals surface area contributed by atoms with Crippen molar-refractivity contribution in [1.82, 2.24) is 10.4 Å². The van der Waals surface area contributed by atoms with Crippen molar-refractivity contribution in [2.24, 2.45) is 5.41 Å². The second-order valence-corrected chi connectivity index (χ2v) is 3.96. The molecule has 2 heteroatoms. The predicted octanol–water partition coefficient (Wildman–Crippen LogP) is 1.97. The average molecular weight is 180 g/mol. The van der Waals surface area contributed by atoms with E-state index in [4.69, 9.17) is 0 Å². The summed E-state index contributed by atoms with van der Waals surface area (Å²) < 4.78 is 0. The molecule has 1 N–H and O–H groups in total. The van der Waals surface area contributed by atoms with Gasteiger partial charge in [-0.2, -0.15) is 0 Å². The molecule has 1 heterocycles. The van der Waals surface area contributed by atoms with Crippen molar-refractivity contribution >= 4 is 0 Å². The largest absolute Gasteiger partial charge is 0.255 e. The van der Waals surface area contributed by atoms with Gasteiger partial charge in [-0.05, 0) is 19.8 Å². The van der Waals surface area contributed by atoms with E-state index in [9.17, 15) is 0 Å². The molecule has 1 fully saturated rings. The van der Waals surface area contributed by atoms with Gasteiger partial charge >= 0.3 is 0 Å². The zero-order valence-corrected chi connectivity index (χ0v) is 8.71. The Morgan fingerprint density at radius 2 is 2.31 bits per heavy atom. The molecule has 0 aromatic heterocycles. The highest BCUT2D eigenvalue weighted by Crippen LogP contribution is 2.31. The number of hydrogen-bond acceptors (Lipinski definition) is 2. The van der Waals surface area contributed by atoms with Crippen molar-refractivity contribution < 1.29 is 0 Å². The molecule has 0 saturated carbocycles. The van der Waals surface area contributed by atoms with Crippen LogP contribution in [0.5, 0.6) is 0 Å². The molecule has 0 radical (unpaired) electrons. The van der Waals surface area contributed by atoms with E-state index in [1.807, 2.05) is 6.08 Å². The van der Waals surface area contributed by atoms with Gasteiger partial charge in [0.25, 0.3) is 0 Å². The number of nitrogens with zero attached hydrogens (tertiary/aromatic N) is 1. The van der Waals surface area contributed by atoms with Crippen molar-refractivity contribution in [2.45, 2.75) is 19.8 Å². The molecule has 1 atom stereocenters. The quantitative estimate of drug-likeness (QED) is 0.665. The SMILES string of the molecule is C=CCC1(C/C=C/C)CNN(C)C1. The molecular weight excluding hydrogens is 160 g/mol. The van der Waals surface area contributed by atoms with Crippen LogP contribution < -0.4 is 5.43 Å². The summed E-state index contributed by atoms with van der Waals surface area (Å²) in [5, 5.41) is 2.17. The number of hydrazine groups is 1. The molecule has 0 aromatic rings.